The van der Waals surface area contributed by atoms with E-state index >= 15 is 0 Å². The van der Waals surface area contributed by atoms with Crippen LogP contribution in [0.5, 0.6) is 0 Å². The topological polar surface area (TPSA) is 25.8 Å². The lowest BCUT2D eigenvalue weighted by molar-refractivity contribution is 1.30. The molecule has 0 N–H and O–H groups in total. The van der Waals surface area contributed by atoms with Crippen LogP contribution in [0, 0.1) is 0 Å². The van der Waals surface area contributed by atoms with E-state index in [9.17, 15) is 0 Å². The Hall–Kier alpha value is -1.22. The van der Waals surface area contributed by atoms with Crippen LogP contribution in [0.4, 0.5) is 0 Å². The number of aromatic nitrogens is 2. The van der Waals surface area contributed by atoms with Crippen molar-refractivity contribution in [3.05, 3.63) is 30.5 Å². The minimum Gasteiger partial charge on any atom is -0.247 e. The molecule has 2 aromatic rings. The lowest BCUT2D eigenvalue weighted by Crippen LogP contribution is -2.11. The maximum atomic E-state index is 4.33. The Labute approximate surface area is 67.7 Å². The second-order valence-corrected chi connectivity index (χ2v) is 3.37. The van der Waals surface area contributed by atoms with Gasteiger partial charge in [-0.25, -0.2) is 9.97 Å². The van der Waals surface area contributed by atoms with Crippen LogP contribution in [0.15, 0.2) is 30.5 Å². The SMILES string of the molecule is [SiH3]c1ncc2ccccc2n1. The van der Waals surface area contributed by atoms with E-state index in [-0.39, 0.29) is 0 Å². The van der Waals surface area contributed by atoms with E-state index in [1.165, 1.54) is 0 Å². The van der Waals surface area contributed by atoms with Crippen molar-refractivity contribution >= 4 is 26.6 Å². The van der Waals surface area contributed by atoms with Gasteiger partial charge in [-0.1, -0.05) is 18.2 Å². The number of rotatable bonds is 0. The largest absolute Gasteiger partial charge is 0.247 e. The number of hydrogen-bond donors (Lipinski definition) is 0. The van der Waals surface area contributed by atoms with Crippen molar-refractivity contribution in [2.45, 2.75) is 0 Å². The number of nitrogens with zero attached hydrogens (tertiary/aromatic N) is 2. The molecule has 2 rings (SSSR count). The van der Waals surface area contributed by atoms with Crippen LogP contribution in [0.25, 0.3) is 10.9 Å². The Morgan fingerprint density at radius 1 is 1.18 bits per heavy atom. The summed E-state index contributed by atoms with van der Waals surface area (Å²) in [6, 6.07) is 8.03. The average molecular weight is 160 g/mol. The van der Waals surface area contributed by atoms with Gasteiger partial charge in [0.05, 0.1) is 21.2 Å². The Morgan fingerprint density at radius 2 is 2.00 bits per heavy atom. The summed E-state index contributed by atoms with van der Waals surface area (Å²) >= 11 is 0. The molecule has 0 spiro atoms. The molecule has 0 radical (unpaired) electrons. The molecule has 3 heteroatoms. The quantitative estimate of drug-likeness (QED) is 0.491. The molecular weight excluding hydrogens is 152 g/mol. The first-order chi connectivity index (χ1) is 5.36. The molecule has 11 heavy (non-hydrogen) atoms. The van der Waals surface area contributed by atoms with Crippen molar-refractivity contribution in [1.82, 2.24) is 9.97 Å². The Kier molecular flexibility index (Phi) is 1.43. The summed E-state index contributed by atoms with van der Waals surface area (Å²) in [5, 5.41) is 1.12. The number of hydrogen-bond acceptors (Lipinski definition) is 2. The molecule has 0 aliphatic rings. The third-order valence-corrected chi connectivity index (χ3v) is 2.09. The van der Waals surface area contributed by atoms with Gasteiger partial charge in [0.2, 0.25) is 0 Å². The van der Waals surface area contributed by atoms with Gasteiger partial charge in [0.25, 0.3) is 0 Å². The van der Waals surface area contributed by atoms with Gasteiger partial charge in [0.15, 0.2) is 0 Å². The maximum Gasteiger partial charge on any atom is 0.0959 e. The van der Waals surface area contributed by atoms with E-state index in [1.807, 2.05) is 30.5 Å². The van der Waals surface area contributed by atoms with Crippen molar-refractivity contribution in [1.29, 1.82) is 0 Å². The zero-order chi connectivity index (χ0) is 7.68. The maximum absolute atomic E-state index is 4.33. The number of para-hydroxylation sites is 1. The van der Waals surface area contributed by atoms with Crippen molar-refractivity contribution in [2.24, 2.45) is 0 Å². The highest BCUT2D eigenvalue weighted by molar-refractivity contribution is 6.29. The molecule has 0 unspecified atom stereocenters. The minimum atomic E-state index is 0.921. The summed E-state index contributed by atoms with van der Waals surface area (Å²) in [5.41, 5.74) is 2.01. The van der Waals surface area contributed by atoms with Gasteiger partial charge in [0, 0.05) is 11.6 Å². The normalized spacial score (nSPS) is 10.5. The zero-order valence-electron chi connectivity index (χ0n) is 6.28. The van der Waals surface area contributed by atoms with Gasteiger partial charge >= 0.3 is 0 Å². The summed E-state index contributed by atoms with van der Waals surface area (Å²) in [5.74, 6) is 0. The fourth-order valence-electron chi connectivity index (χ4n) is 1.06. The van der Waals surface area contributed by atoms with Crippen LogP contribution in [-0.4, -0.2) is 20.2 Å². The fraction of sp³-hybridized carbons (Fsp3) is 0. The molecule has 54 valence electrons. The first-order valence-corrected chi connectivity index (χ1v) is 4.55. The third kappa shape index (κ3) is 1.14. The van der Waals surface area contributed by atoms with Crippen molar-refractivity contribution < 1.29 is 0 Å². The molecule has 1 aromatic carbocycles. The standard InChI is InChI=1S/C8H8N2Si/c11-8-9-5-6-3-1-2-4-7(6)10-8/h1-5H,11H3. The van der Waals surface area contributed by atoms with Gasteiger partial charge in [-0.3, -0.25) is 0 Å². The van der Waals surface area contributed by atoms with Crippen LogP contribution < -0.4 is 5.45 Å². The van der Waals surface area contributed by atoms with Crippen LogP contribution in [0.1, 0.15) is 0 Å². The molecule has 2 nitrogen and oxygen atoms in total. The first-order valence-electron chi connectivity index (χ1n) is 3.55. The highest BCUT2D eigenvalue weighted by Gasteiger charge is 1.92. The predicted octanol–water partition coefficient (Wildman–Crippen LogP) is -0.380. The predicted molar refractivity (Wildman–Crippen MR) is 49.1 cm³/mol. The molecule has 0 atom stereocenters. The van der Waals surface area contributed by atoms with Crippen LogP contribution in [-0.2, 0) is 0 Å². The molecule has 0 saturated carbocycles. The molecular formula is C8H8N2Si. The highest BCUT2D eigenvalue weighted by atomic mass is 28.1. The van der Waals surface area contributed by atoms with Crippen LogP contribution in [0.3, 0.4) is 0 Å². The highest BCUT2D eigenvalue weighted by Crippen LogP contribution is 2.05. The van der Waals surface area contributed by atoms with Gasteiger partial charge in [-0.05, 0) is 6.07 Å². The average Bonchev–Trinajstić information content (AvgIpc) is 2.04. The molecule has 0 fully saturated rings. The lowest BCUT2D eigenvalue weighted by atomic mass is 10.2. The summed E-state index contributed by atoms with van der Waals surface area (Å²) < 4.78 is 0. The third-order valence-electron chi connectivity index (χ3n) is 1.61. The number of fused-ring (bicyclic) bond motifs is 1. The molecule has 1 aromatic heterocycles. The first kappa shape index (κ1) is 6.48. The zero-order valence-corrected chi connectivity index (χ0v) is 8.28. The van der Waals surface area contributed by atoms with E-state index in [2.05, 4.69) is 9.97 Å². The molecule has 0 aliphatic carbocycles. The lowest BCUT2D eigenvalue weighted by Gasteiger charge is -1.95. The summed E-state index contributed by atoms with van der Waals surface area (Å²) in [4.78, 5) is 8.48. The minimum absolute atomic E-state index is 0.921. The second kappa shape index (κ2) is 2.43. The Balaban J connectivity index is 2.83. The monoisotopic (exact) mass is 160 g/mol. The molecule has 0 aliphatic heterocycles. The summed E-state index contributed by atoms with van der Waals surface area (Å²) in [7, 11) is 0.921. The van der Waals surface area contributed by atoms with Gasteiger partial charge in [-0.15, -0.1) is 0 Å². The van der Waals surface area contributed by atoms with Gasteiger partial charge in [0.1, 0.15) is 0 Å². The van der Waals surface area contributed by atoms with Crippen molar-refractivity contribution in [3.8, 4) is 0 Å². The summed E-state index contributed by atoms with van der Waals surface area (Å²) in [6.07, 6.45) is 1.88. The van der Waals surface area contributed by atoms with E-state index in [0.29, 0.717) is 0 Å². The fourth-order valence-corrected chi connectivity index (χ4v) is 1.43. The van der Waals surface area contributed by atoms with E-state index < -0.39 is 0 Å². The van der Waals surface area contributed by atoms with Crippen LogP contribution in [0.2, 0.25) is 0 Å². The van der Waals surface area contributed by atoms with Gasteiger partial charge in [-0.2, -0.15) is 0 Å². The molecule has 0 amide bonds. The Morgan fingerprint density at radius 3 is 2.91 bits per heavy atom. The van der Waals surface area contributed by atoms with Gasteiger partial charge < -0.3 is 0 Å². The Bertz CT molecular complexity index is 387. The summed E-state index contributed by atoms with van der Waals surface area (Å²) in [6.45, 7) is 0. The van der Waals surface area contributed by atoms with Crippen molar-refractivity contribution in [2.75, 3.05) is 0 Å². The van der Waals surface area contributed by atoms with Crippen molar-refractivity contribution in [3.63, 3.8) is 0 Å². The molecule has 0 saturated heterocycles. The van der Waals surface area contributed by atoms with Crippen LogP contribution >= 0.6 is 0 Å². The smallest absolute Gasteiger partial charge is 0.0959 e. The number of benzene rings is 1. The van der Waals surface area contributed by atoms with E-state index in [1.54, 1.807) is 0 Å². The second-order valence-electron chi connectivity index (χ2n) is 2.48. The van der Waals surface area contributed by atoms with E-state index in [4.69, 9.17) is 0 Å². The van der Waals surface area contributed by atoms with E-state index in [0.717, 1.165) is 26.6 Å². The molecule has 0 bridgehead atoms. The molecule has 1 heterocycles.